The Labute approximate surface area is 110 Å². The van der Waals surface area contributed by atoms with Crippen LogP contribution in [0, 0.1) is 5.41 Å². The van der Waals surface area contributed by atoms with Crippen molar-refractivity contribution >= 4 is 0 Å². The van der Waals surface area contributed by atoms with Crippen LogP contribution in [0.15, 0.2) is 0 Å². The van der Waals surface area contributed by atoms with Crippen LogP contribution in [0.2, 0.25) is 0 Å². The smallest absolute Gasteiger partial charge is 0.0118 e. The second-order valence-electron chi connectivity index (χ2n) is 6.80. The molecule has 1 N–H and O–H groups in total. The van der Waals surface area contributed by atoms with Crippen molar-refractivity contribution in [3.05, 3.63) is 0 Å². The first-order chi connectivity index (χ1) is 7.88. The topological polar surface area (TPSA) is 12.0 Å². The van der Waals surface area contributed by atoms with Crippen molar-refractivity contribution in [1.82, 2.24) is 5.32 Å². The molecule has 1 atom stereocenters. The van der Waals surface area contributed by atoms with Gasteiger partial charge in [-0.1, -0.05) is 80.1 Å². The molecule has 0 saturated heterocycles. The molecule has 17 heavy (non-hydrogen) atoms. The SMILES string of the molecule is CCCCCCCCC(NC(C)C)C(C)(C)C. The number of unbranched alkanes of at least 4 members (excludes halogenated alkanes) is 5. The molecule has 0 rings (SSSR count). The summed E-state index contributed by atoms with van der Waals surface area (Å²) in [7, 11) is 0. The minimum atomic E-state index is 0.383. The van der Waals surface area contributed by atoms with Crippen LogP contribution in [0.4, 0.5) is 0 Å². The molecule has 0 aliphatic rings. The molecule has 0 saturated carbocycles. The van der Waals surface area contributed by atoms with Gasteiger partial charge in [0.15, 0.2) is 0 Å². The summed E-state index contributed by atoms with van der Waals surface area (Å²) < 4.78 is 0. The molecular weight excluding hydrogens is 206 g/mol. The van der Waals surface area contributed by atoms with E-state index in [9.17, 15) is 0 Å². The highest BCUT2D eigenvalue weighted by atomic mass is 14.9. The van der Waals surface area contributed by atoms with Gasteiger partial charge in [-0.05, 0) is 11.8 Å². The average Bonchev–Trinajstić information content (AvgIpc) is 2.19. The van der Waals surface area contributed by atoms with Crippen LogP contribution in [0.3, 0.4) is 0 Å². The highest BCUT2D eigenvalue weighted by molar-refractivity contribution is 4.81. The highest BCUT2D eigenvalue weighted by Gasteiger charge is 2.24. The normalized spacial score (nSPS) is 14.3. The van der Waals surface area contributed by atoms with Crippen LogP contribution in [-0.2, 0) is 0 Å². The Morgan fingerprint density at radius 2 is 1.41 bits per heavy atom. The molecule has 0 spiro atoms. The molecule has 0 aromatic heterocycles. The summed E-state index contributed by atoms with van der Waals surface area (Å²) in [5.74, 6) is 0. The van der Waals surface area contributed by atoms with Gasteiger partial charge in [-0.25, -0.2) is 0 Å². The summed E-state index contributed by atoms with van der Waals surface area (Å²) in [5, 5.41) is 3.72. The second kappa shape index (κ2) is 8.97. The van der Waals surface area contributed by atoms with Crippen LogP contribution in [-0.4, -0.2) is 12.1 Å². The molecule has 0 heterocycles. The van der Waals surface area contributed by atoms with Crippen LogP contribution in [0.25, 0.3) is 0 Å². The Hall–Kier alpha value is -0.0400. The van der Waals surface area contributed by atoms with Crippen molar-refractivity contribution < 1.29 is 0 Å². The molecule has 1 heteroatoms. The van der Waals surface area contributed by atoms with Crippen LogP contribution in [0.1, 0.15) is 86.5 Å². The maximum Gasteiger partial charge on any atom is 0.0118 e. The maximum absolute atomic E-state index is 3.72. The quantitative estimate of drug-likeness (QED) is 0.550. The summed E-state index contributed by atoms with van der Waals surface area (Å²) in [4.78, 5) is 0. The third-order valence-corrected chi connectivity index (χ3v) is 3.43. The Morgan fingerprint density at radius 1 is 0.882 bits per heavy atom. The van der Waals surface area contributed by atoms with E-state index in [4.69, 9.17) is 0 Å². The highest BCUT2D eigenvalue weighted by Crippen LogP contribution is 2.24. The zero-order valence-electron chi connectivity index (χ0n) is 13.1. The Morgan fingerprint density at radius 3 is 1.88 bits per heavy atom. The molecule has 0 amide bonds. The molecule has 0 aliphatic carbocycles. The zero-order valence-corrected chi connectivity index (χ0v) is 13.1. The van der Waals surface area contributed by atoms with Crippen molar-refractivity contribution in [2.75, 3.05) is 0 Å². The van der Waals surface area contributed by atoms with Gasteiger partial charge in [0.2, 0.25) is 0 Å². The lowest BCUT2D eigenvalue weighted by molar-refractivity contribution is 0.235. The molecule has 1 nitrogen and oxygen atoms in total. The molecular formula is C16H35N. The van der Waals surface area contributed by atoms with E-state index >= 15 is 0 Å². The van der Waals surface area contributed by atoms with Gasteiger partial charge in [0.25, 0.3) is 0 Å². The van der Waals surface area contributed by atoms with Gasteiger partial charge in [0.05, 0.1) is 0 Å². The first-order valence-corrected chi connectivity index (χ1v) is 7.64. The van der Waals surface area contributed by atoms with E-state index in [0.717, 1.165) is 0 Å². The van der Waals surface area contributed by atoms with Crippen molar-refractivity contribution in [2.45, 2.75) is 98.6 Å². The van der Waals surface area contributed by atoms with Gasteiger partial charge < -0.3 is 5.32 Å². The summed E-state index contributed by atoms with van der Waals surface area (Å²) in [6.07, 6.45) is 9.72. The van der Waals surface area contributed by atoms with Crippen molar-refractivity contribution in [3.8, 4) is 0 Å². The molecule has 0 aliphatic heterocycles. The third kappa shape index (κ3) is 9.64. The van der Waals surface area contributed by atoms with Crippen LogP contribution in [0.5, 0.6) is 0 Å². The summed E-state index contributed by atoms with van der Waals surface area (Å²) in [6, 6.07) is 1.26. The second-order valence-corrected chi connectivity index (χ2v) is 6.80. The van der Waals surface area contributed by atoms with E-state index in [1.807, 2.05) is 0 Å². The minimum Gasteiger partial charge on any atom is -0.311 e. The largest absolute Gasteiger partial charge is 0.311 e. The molecule has 0 fully saturated rings. The molecule has 0 bridgehead atoms. The van der Waals surface area contributed by atoms with E-state index in [0.29, 0.717) is 17.5 Å². The number of hydrogen-bond donors (Lipinski definition) is 1. The van der Waals surface area contributed by atoms with E-state index in [1.165, 1.54) is 44.9 Å². The summed E-state index contributed by atoms with van der Waals surface area (Å²) in [6.45, 7) is 13.8. The monoisotopic (exact) mass is 241 g/mol. The fourth-order valence-corrected chi connectivity index (χ4v) is 2.30. The first kappa shape index (κ1) is 17.0. The summed E-state index contributed by atoms with van der Waals surface area (Å²) in [5.41, 5.74) is 0.383. The van der Waals surface area contributed by atoms with E-state index in [1.54, 1.807) is 0 Å². The van der Waals surface area contributed by atoms with Gasteiger partial charge >= 0.3 is 0 Å². The van der Waals surface area contributed by atoms with Crippen LogP contribution < -0.4 is 5.32 Å². The standard InChI is InChI=1S/C16H35N/c1-7-8-9-10-11-12-13-15(16(4,5)6)17-14(2)3/h14-15,17H,7-13H2,1-6H3. The summed E-state index contributed by atoms with van der Waals surface area (Å²) >= 11 is 0. The zero-order chi connectivity index (χ0) is 13.3. The Kier molecular flexibility index (Phi) is 8.94. The fraction of sp³-hybridized carbons (Fsp3) is 1.00. The predicted molar refractivity (Wildman–Crippen MR) is 79.5 cm³/mol. The lowest BCUT2D eigenvalue weighted by Gasteiger charge is -2.33. The molecule has 104 valence electrons. The van der Waals surface area contributed by atoms with Gasteiger partial charge in [-0.15, -0.1) is 0 Å². The Bertz CT molecular complexity index is 167. The molecule has 0 radical (unpaired) electrons. The Balaban J connectivity index is 3.77. The van der Waals surface area contributed by atoms with Crippen molar-refractivity contribution in [1.29, 1.82) is 0 Å². The predicted octanol–water partition coefficient (Wildman–Crippen LogP) is 5.15. The van der Waals surface area contributed by atoms with Crippen molar-refractivity contribution in [2.24, 2.45) is 5.41 Å². The lowest BCUT2D eigenvalue weighted by Crippen LogP contribution is -2.43. The van der Waals surface area contributed by atoms with E-state index in [-0.39, 0.29) is 0 Å². The fourth-order valence-electron chi connectivity index (χ4n) is 2.30. The van der Waals surface area contributed by atoms with Gasteiger partial charge in [0, 0.05) is 12.1 Å². The van der Waals surface area contributed by atoms with Crippen molar-refractivity contribution in [3.63, 3.8) is 0 Å². The lowest BCUT2D eigenvalue weighted by atomic mass is 9.83. The number of hydrogen-bond acceptors (Lipinski definition) is 1. The van der Waals surface area contributed by atoms with Gasteiger partial charge in [-0.2, -0.15) is 0 Å². The minimum absolute atomic E-state index is 0.383. The molecule has 0 aromatic carbocycles. The van der Waals surface area contributed by atoms with Gasteiger partial charge in [-0.3, -0.25) is 0 Å². The van der Waals surface area contributed by atoms with E-state index < -0.39 is 0 Å². The number of rotatable bonds is 9. The van der Waals surface area contributed by atoms with Crippen LogP contribution >= 0.6 is 0 Å². The average molecular weight is 241 g/mol. The number of nitrogens with one attached hydrogen (secondary N) is 1. The van der Waals surface area contributed by atoms with E-state index in [2.05, 4.69) is 46.9 Å². The maximum atomic E-state index is 3.72. The van der Waals surface area contributed by atoms with Gasteiger partial charge in [0.1, 0.15) is 0 Å². The third-order valence-electron chi connectivity index (χ3n) is 3.43. The first-order valence-electron chi connectivity index (χ1n) is 7.64. The molecule has 0 aromatic rings. The molecule has 1 unspecified atom stereocenters.